The van der Waals surface area contributed by atoms with Crippen LogP contribution in [0.2, 0.25) is 0 Å². The minimum atomic E-state index is -0.423. The number of carbonyl (C=O) groups excluding carboxylic acids is 1. The number of ether oxygens (including phenoxy) is 1. The molecule has 0 fully saturated rings. The molecule has 0 saturated carbocycles. The van der Waals surface area contributed by atoms with Crippen molar-refractivity contribution >= 4 is 17.3 Å². The summed E-state index contributed by atoms with van der Waals surface area (Å²) in [5, 5.41) is 17.1. The van der Waals surface area contributed by atoms with Gasteiger partial charge in [-0.3, -0.25) is 14.9 Å². The van der Waals surface area contributed by atoms with Crippen LogP contribution >= 0.6 is 0 Å². The molecular weight excluding hydrogens is 346 g/mol. The third kappa shape index (κ3) is 2.85. The number of hydrogen-bond acceptors (Lipinski definition) is 5. The molecule has 0 N–H and O–H groups in total. The maximum atomic E-state index is 12.3. The lowest BCUT2D eigenvalue weighted by Gasteiger charge is -2.29. The Morgan fingerprint density at radius 3 is 2.63 bits per heavy atom. The van der Waals surface area contributed by atoms with Crippen molar-refractivity contribution in [1.82, 2.24) is 5.01 Å². The Morgan fingerprint density at radius 1 is 1.26 bits per heavy atom. The minimum Gasteiger partial charge on any atom is -0.497 e. The van der Waals surface area contributed by atoms with Crippen LogP contribution in [-0.2, 0) is 11.2 Å². The number of carbonyl (C=O) groups is 1. The molecule has 2 atom stereocenters. The Morgan fingerprint density at radius 2 is 2.00 bits per heavy atom. The lowest BCUT2D eigenvalue weighted by Crippen LogP contribution is -2.31. The number of non-ortho nitro benzene ring substituents is 1. The Labute approximate surface area is 156 Å². The second-order valence-electron chi connectivity index (χ2n) is 6.81. The predicted octanol–water partition coefficient (Wildman–Crippen LogP) is 3.47. The summed E-state index contributed by atoms with van der Waals surface area (Å²) in [5.41, 5.74) is 4.00. The second kappa shape index (κ2) is 6.50. The number of nitro groups is 1. The van der Waals surface area contributed by atoms with E-state index < -0.39 is 4.92 Å². The van der Waals surface area contributed by atoms with Crippen molar-refractivity contribution in [3.8, 4) is 5.75 Å². The van der Waals surface area contributed by atoms with E-state index in [-0.39, 0.29) is 23.6 Å². The first-order chi connectivity index (χ1) is 13.0. The molecule has 2 aliphatic rings. The second-order valence-corrected chi connectivity index (χ2v) is 6.81. The van der Waals surface area contributed by atoms with Gasteiger partial charge >= 0.3 is 0 Å². The predicted molar refractivity (Wildman–Crippen MR) is 99.7 cm³/mol. The third-order valence-corrected chi connectivity index (χ3v) is 5.29. The first-order valence-electron chi connectivity index (χ1n) is 8.79. The van der Waals surface area contributed by atoms with E-state index in [1.807, 2.05) is 18.2 Å². The van der Waals surface area contributed by atoms with Gasteiger partial charge in [0, 0.05) is 30.5 Å². The largest absolute Gasteiger partial charge is 0.497 e. The van der Waals surface area contributed by atoms with E-state index >= 15 is 0 Å². The van der Waals surface area contributed by atoms with Crippen LogP contribution < -0.4 is 4.74 Å². The topological polar surface area (TPSA) is 85.0 Å². The van der Waals surface area contributed by atoms with Crippen molar-refractivity contribution in [3.63, 3.8) is 0 Å². The van der Waals surface area contributed by atoms with Crippen molar-refractivity contribution in [2.45, 2.75) is 25.8 Å². The Kier molecular flexibility index (Phi) is 4.14. The van der Waals surface area contributed by atoms with Gasteiger partial charge in [-0.2, -0.15) is 5.10 Å². The molecule has 7 heteroatoms. The fraction of sp³-hybridized carbons (Fsp3) is 0.300. The van der Waals surface area contributed by atoms with Crippen LogP contribution in [0.1, 0.15) is 36.1 Å². The summed E-state index contributed by atoms with van der Waals surface area (Å²) < 4.78 is 5.31. The SMILES string of the molecule is COc1ccc2c(c1)CCC1C2=NN(C(C)=O)C1c1ccc([N+](=O)[O-])cc1. The smallest absolute Gasteiger partial charge is 0.269 e. The summed E-state index contributed by atoms with van der Waals surface area (Å²) in [6, 6.07) is 12.1. The molecule has 0 aromatic heterocycles. The molecule has 4 rings (SSSR count). The molecule has 0 radical (unpaired) electrons. The molecule has 1 aliphatic heterocycles. The van der Waals surface area contributed by atoms with Crippen LogP contribution in [0.4, 0.5) is 5.69 Å². The highest BCUT2D eigenvalue weighted by molar-refractivity contribution is 6.06. The highest BCUT2D eigenvalue weighted by atomic mass is 16.6. The van der Waals surface area contributed by atoms with Gasteiger partial charge in [0.25, 0.3) is 5.69 Å². The molecule has 0 bridgehead atoms. The summed E-state index contributed by atoms with van der Waals surface area (Å²) in [5.74, 6) is 0.729. The molecule has 1 amide bonds. The van der Waals surface area contributed by atoms with Crippen molar-refractivity contribution in [2.75, 3.05) is 7.11 Å². The van der Waals surface area contributed by atoms with Crippen LogP contribution in [0.15, 0.2) is 47.6 Å². The van der Waals surface area contributed by atoms with Gasteiger partial charge in [0.1, 0.15) is 5.75 Å². The fourth-order valence-electron chi connectivity index (χ4n) is 4.02. The first kappa shape index (κ1) is 17.2. The van der Waals surface area contributed by atoms with E-state index in [1.54, 1.807) is 19.2 Å². The number of hydrogen-bond donors (Lipinski definition) is 0. The molecule has 27 heavy (non-hydrogen) atoms. The maximum absolute atomic E-state index is 12.3. The number of methoxy groups -OCH3 is 1. The van der Waals surface area contributed by atoms with Crippen LogP contribution in [0.5, 0.6) is 5.75 Å². The van der Waals surface area contributed by atoms with E-state index in [1.165, 1.54) is 24.1 Å². The van der Waals surface area contributed by atoms with Crippen LogP contribution in [0, 0.1) is 16.0 Å². The highest BCUT2D eigenvalue weighted by Gasteiger charge is 2.43. The normalized spacial score (nSPS) is 20.5. The molecule has 1 heterocycles. The van der Waals surface area contributed by atoms with Gasteiger partial charge in [0.2, 0.25) is 5.91 Å². The van der Waals surface area contributed by atoms with Crippen LogP contribution in [0.25, 0.3) is 0 Å². The van der Waals surface area contributed by atoms with Gasteiger partial charge in [-0.25, -0.2) is 5.01 Å². The van der Waals surface area contributed by atoms with Gasteiger partial charge in [0.05, 0.1) is 23.8 Å². The average molecular weight is 365 g/mol. The van der Waals surface area contributed by atoms with E-state index in [0.29, 0.717) is 0 Å². The van der Waals surface area contributed by atoms with E-state index in [0.717, 1.165) is 41.0 Å². The Hall–Kier alpha value is -3.22. The number of hydrazone groups is 1. The molecule has 7 nitrogen and oxygen atoms in total. The van der Waals surface area contributed by atoms with E-state index in [2.05, 4.69) is 5.10 Å². The maximum Gasteiger partial charge on any atom is 0.269 e. The summed E-state index contributed by atoms with van der Waals surface area (Å²) >= 11 is 0. The zero-order valence-corrected chi connectivity index (χ0v) is 15.1. The summed E-state index contributed by atoms with van der Waals surface area (Å²) in [6.45, 7) is 1.49. The zero-order chi connectivity index (χ0) is 19.1. The van der Waals surface area contributed by atoms with Crippen molar-refractivity contribution < 1.29 is 14.5 Å². The number of nitro benzene ring substituents is 1. The number of aryl methyl sites for hydroxylation is 1. The van der Waals surface area contributed by atoms with E-state index in [4.69, 9.17) is 4.74 Å². The van der Waals surface area contributed by atoms with Gasteiger partial charge in [-0.15, -0.1) is 0 Å². The van der Waals surface area contributed by atoms with Gasteiger partial charge < -0.3 is 4.74 Å². The molecular formula is C20H19N3O4. The minimum absolute atomic E-state index is 0.0355. The molecule has 0 spiro atoms. The number of fused-ring (bicyclic) bond motifs is 3. The number of benzene rings is 2. The van der Waals surface area contributed by atoms with Crippen molar-refractivity contribution in [3.05, 3.63) is 69.3 Å². The van der Waals surface area contributed by atoms with Crippen LogP contribution in [-0.4, -0.2) is 28.7 Å². The summed E-state index contributed by atoms with van der Waals surface area (Å²) in [4.78, 5) is 22.8. The lowest BCUT2D eigenvalue weighted by atomic mass is 9.77. The summed E-state index contributed by atoms with van der Waals surface area (Å²) in [6.07, 6.45) is 1.72. The number of amides is 1. The fourth-order valence-corrected chi connectivity index (χ4v) is 4.02. The van der Waals surface area contributed by atoms with Crippen molar-refractivity contribution in [1.29, 1.82) is 0 Å². The van der Waals surface area contributed by atoms with Gasteiger partial charge in [-0.05, 0) is 42.2 Å². The quantitative estimate of drug-likeness (QED) is 0.616. The molecule has 2 aromatic carbocycles. The zero-order valence-electron chi connectivity index (χ0n) is 15.1. The monoisotopic (exact) mass is 365 g/mol. The van der Waals surface area contributed by atoms with Gasteiger partial charge in [-0.1, -0.05) is 12.1 Å². The molecule has 2 unspecified atom stereocenters. The van der Waals surface area contributed by atoms with Crippen molar-refractivity contribution in [2.24, 2.45) is 11.0 Å². The summed E-state index contributed by atoms with van der Waals surface area (Å²) in [7, 11) is 1.64. The number of rotatable bonds is 3. The lowest BCUT2D eigenvalue weighted by molar-refractivity contribution is -0.384. The van der Waals surface area contributed by atoms with E-state index in [9.17, 15) is 14.9 Å². The molecule has 0 saturated heterocycles. The molecule has 2 aromatic rings. The molecule has 138 valence electrons. The standard InChI is InChI=1S/C20H19N3O4/c1-12(24)22-20(13-3-6-15(7-4-13)23(25)26)18-9-5-14-11-16(27-2)8-10-17(14)19(18)21-22/h3-4,6-8,10-11,18,20H,5,9H2,1-2H3. The Bertz CT molecular complexity index is 952. The first-order valence-corrected chi connectivity index (χ1v) is 8.79. The average Bonchev–Trinajstić information content (AvgIpc) is 3.07. The Balaban J connectivity index is 1.74. The molecule has 1 aliphatic carbocycles. The van der Waals surface area contributed by atoms with Crippen LogP contribution in [0.3, 0.4) is 0 Å². The highest BCUT2D eigenvalue weighted by Crippen LogP contribution is 2.44. The third-order valence-electron chi connectivity index (χ3n) is 5.29. The number of nitrogens with zero attached hydrogens (tertiary/aromatic N) is 3. The van der Waals surface area contributed by atoms with Gasteiger partial charge in [0.15, 0.2) is 0 Å².